The van der Waals surface area contributed by atoms with Gasteiger partial charge in [-0.15, -0.1) is 0 Å². The Balaban J connectivity index is 2.62. The highest BCUT2D eigenvalue weighted by molar-refractivity contribution is 6.15. The van der Waals surface area contributed by atoms with Crippen molar-refractivity contribution in [2.75, 3.05) is 13.2 Å². The van der Waals surface area contributed by atoms with Gasteiger partial charge in [0.05, 0.1) is 12.2 Å². The zero-order valence-corrected chi connectivity index (χ0v) is 7.77. The maximum atomic E-state index is 11.3. The van der Waals surface area contributed by atoms with Crippen LogP contribution in [0.25, 0.3) is 5.57 Å². The number of hydrogen-bond donors (Lipinski definition) is 1. The fourth-order valence-electron chi connectivity index (χ4n) is 0.983. The van der Waals surface area contributed by atoms with Gasteiger partial charge in [0.2, 0.25) is 0 Å². The quantitative estimate of drug-likeness (QED) is 0.576. The minimum absolute atomic E-state index is 0.00465. The van der Waals surface area contributed by atoms with Gasteiger partial charge >= 0.3 is 5.97 Å². The standard InChI is InChI=1S/C11H12O3/c1-9(11(13)14-8-7-12)10-5-3-2-4-6-10/h2-6,12H,1,7-8H2. The lowest BCUT2D eigenvalue weighted by Crippen LogP contribution is -2.09. The van der Waals surface area contributed by atoms with Gasteiger partial charge in [-0.3, -0.25) is 0 Å². The average molecular weight is 192 g/mol. The van der Waals surface area contributed by atoms with E-state index in [-0.39, 0.29) is 13.2 Å². The van der Waals surface area contributed by atoms with Crippen molar-refractivity contribution in [3.63, 3.8) is 0 Å². The number of rotatable bonds is 4. The molecule has 1 aromatic carbocycles. The number of ether oxygens (including phenoxy) is 1. The Kier molecular flexibility index (Phi) is 3.88. The lowest BCUT2D eigenvalue weighted by molar-refractivity contribution is -0.137. The monoisotopic (exact) mass is 192 g/mol. The molecular weight excluding hydrogens is 180 g/mol. The normalized spacial score (nSPS) is 9.50. The molecule has 0 bridgehead atoms. The molecule has 0 aliphatic rings. The molecule has 0 saturated carbocycles. The van der Waals surface area contributed by atoms with Crippen molar-refractivity contribution in [2.45, 2.75) is 0 Å². The maximum Gasteiger partial charge on any atom is 0.338 e. The van der Waals surface area contributed by atoms with Crippen LogP contribution in [0.3, 0.4) is 0 Å². The predicted molar refractivity (Wildman–Crippen MR) is 53.5 cm³/mol. The summed E-state index contributed by atoms with van der Waals surface area (Å²) in [5.41, 5.74) is 1.04. The van der Waals surface area contributed by atoms with Crippen molar-refractivity contribution in [3.8, 4) is 0 Å². The van der Waals surface area contributed by atoms with Gasteiger partial charge in [0.25, 0.3) is 0 Å². The van der Waals surface area contributed by atoms with E-state index in [4.69, 9.17) is 9.84 Å². The van der Waals surface area contributed by atoms with Crippen LogP contribution in [0.2, 0.25) is 0 Å². The van der Waals surface area contributed by atoms with Gasteiger partial charge in [-0.05, 0) is 5.56 Å². The summed E-state index contributed by atoms with van der Waals surface area (Å²) in [6.45, 7) is 3.45. The molecule has 3 heteroatoms. The van der Waals surface area contributed by atoms with Crippen LogP contribution >= 0.6 is 0 Å². The number of aliphatic hydroxyl groups excluding tert-OH is 1. The summed E-state index contributed by atoms with van der Waals surface area (Å²) in [5.74, 6) is -0.495. The third-order valence-electron chi connectivity index (χ3n) is 1.69. The number of esters is 1. The number of benzene rings is 1. The zero-order chi connectivity index (χ0) is 10.4. The molecule has 0 fully saturated rings. The molecule has 74 valence electrons. The van der Waals surface area contributed by atoms with Gasteiger partial charge in [-0.25, -0.2) is 4.79 Å². The Morgan fingerprint density at radius 2 is 2.00 bits per heavy atom. The third-order valence-corrected chi connectivity index (χ3v) is 1.69. The molecule has 0 saturated heterocycles. The van der Waals surface area contributed by atoms with Crippen LogP contribution in [0, 0.1) is 0 Å². The lowest BCUT2D eigenvalue weighted by Gasteiger charge is -2.05. The van der Waals surface area contributed by atoms with Gasteiger partial charge in [-0.2, -0.15) is 0 Å². The minimum atomic E-state index is -0.495. The molecule has 0 amide bonds. The van der Waals surface area contributed by atoms with Crippen molar-refractivity contribution >= 4 is 11.5 Å². The largest absolute Gasteiger partial charge is 0.460 e. The zero-order valence-electron chi connectivity index (χ0n) is 7.77. The van der Waals surface area contributed by atoms with E-state index in [0.717, 1.165) is 5.56 Å². The Labute approximate surface area is 82.6 Å². The SMILES string of the molecule is C=C(C(=O)OCCO)c1ccccc1. The van der Waals surface area contributed by atoms with Gasteiger partial charge in [-0.1, -0.05) is 36.9 Å². The summed E-state index contributed by atoms with van der Waals surface area (Å²) in [4.78, 5) is 11.3. The Morgan fingerprint density at radius 3 is 2.57 bits per heavy atom. The summed E-state index contributed by atoms with van der Waals surface area (Å²) in [5, 5.41) is 8.46. The third kappa shape index (κ3) is 2.71. The van der Waals surface area contributed by atoms with Crippen LogP contribution in [0.4, 0.5) is 0 Å². The number of carbonyl (C=O) groups is 1. The van der Waals surface area contributed by atoms with Gasteiger partial charge in [0.15, 0.2) is 0 Å². The Morgan fingerprint density at radius 1 is 1.36 bits per heavy atom. The summed E-state index contributed by atoms with van der Waals surface area (Å²) in [6, 6.07) is 9.06. The average Bonchev–Trinajstić information content (AvgIpc) is 2.26. The molecule has 0 atom stereocenters. The fraction of sp³-hybridized carbons (Fsp3) is 0.182. The van der Waals surface area contributed by atoms with E-state index in [1.165, 1.54) is 0 Å². The van der Waals surface area contributed by atoms with E-state index >= 15 is 0 Å². The first-order valence-electron chi connectivity index (χ1n) is 4.28. The van der Waals surface area contributed by atoms with Gasteiger partial charge in [0, 0.05) is 0 Å². The highest BCUT2D eigenvalue weighted by Gasteiger charge is 2.09. The number of aliphatic hydroxyl groups is 1. The molecule has 14 heavy (non-hydrogen) atoms. The number of carbonyl (C=O) groups excluding carboxylic acids is 1. The molecule has 0 spiro atoms. The smallest absolute Gasteiger partial charge is 0.338 e. The predicted octanol–water partition coefficient (Wildman–Crippen LogP) is 1.24. The topological polar surface area (TPSA) is 46.5 Å². The van der Waals surface area contributed by atoms with Crippen molar-refractivity contribution in [1.29, 1.82) is 0 Å². The lowest BCUT2D eigenvalue weighted by atomic mass is 10.1. The van der Waals surface area contributed by atoms with Crippen molar-refractivity contribution in [2.24, 2.45) is 0 Å². The van der Waals surface area contributed by atoms with Crippen molar-refractivity contribution < 1.29 is 14.6 Å². The highest BCUT2D eigenvalue weighted by Crippen LogP contribution is 2.12. The molecule has 1 aromatic rings. The van der Waals surface area contributed by atoms with Crippen molar-refractivity contribution in [3.05, 3.63) is 42.5 Å². The molecule has 1 rings (SSSR count). The highest BCUT2D eigenvalue weighted by atomic mass is 16.5. The summed E-state index contributed by atoms with van der Waals surface area (Å²) >= 11 is 0. The van der Waals surface area contributed by atoms with Crippen LogP contribution in [0.1, 0.15) is 5.56 Å². The Bertz CT molecular complexity index is 317. The molecule has 0 unspecified atom stereocenters. The first kappa shape index (κ1) is 10.5. The first-order valence-corrected chi connectivity index (χ1v) is 4.28. The van der Waals surface area contributed by atoms with Crippen LogP contribution in [-0.4, -0.2) is 24.3 Å². The van der Waals surface area contributed by atoms with E-state index < -0.39 is 5.97 Å². The van der Waals surface area contributed by atoms with Crippen LogP contribution in [0.5, 0.6) is 0 Å². The second-order valence-electron chi connectivity index (χ2n) is 2.70. The molecule has 1 N–H and O–H groups in total. The summed E-state index contributed by atoms with van der Waals surface area (Å²) < 4.78 is 4.72. The van der Waals surface area contributed by atoms with Crippen LogP contribution in [-0.2, 0) is 9.53 Å². The van der Waals surface area contributed by atoms with Gasteiger partial charge in [0.1, 0.15) is 6.61 Å². The van der Waals surface area contributed by atoms with E-state index in [1.807, 2.05) is 18.2 Å². The van der Waals surface area contributed by atoms with E-state index in [9.17, 15) is 4.79 Å². The minimum Gasteiger partial charge on any atom is -0.460 e. The maximum absolute atomic E-state index is 11.3. The van der Waals surface area contributed by atoms with Gasteiger partial charge < -0.3 is 9.84 Å². The van der Waals surface area contributed by atoms with E-state index in [0.29, 0.717) is 5.57 Å². The van der Waals surface area contributed by atoms with E-state index in [1.54, 1.807) is 12.1 Å². The van der Waals surface area contributed by atoms with E-state index in [2.05, 4.69) is 6.58 Å². The van der Waals surface area contributed by atoms with Crippen LogP contribution < -0.4 is 0 Å². The molecule has 0 radical (unpaired) electrons. The molecule has 0 heterocycles. The second-order valence-corrected chi connectivity index (χ2v) is 2.70. The van der Waals surface area contributed by atoms with Crippen LogP contribution in [0.15, 0.2) is 36.9 Å². The molecule has 0 aliphatic carbocycles. The van der Waals surface area contributed by atoms with Crippen molar-refractivity contribution in [1.82, 2.24) is 0 Å². The molecule has 0 aromatic heterocycles. The molecule has 3 nitrogen and oxygen atoms in total. The molecular formula is C11H12O3. The summed E-state index contributed by atoms with van der Waals surface area (Å²) in [7, 11) is 0. The first-order chi connectivity index (χ1) is 6.75. The summed E-state index contributed by atoms with van der Waals surface area (Å²) in [6.07, 6.45) is 0. The fourth-order valence-corrected chi connectivity index (χ4v) is 0.983. The molecule has 0 aliphatic heterocycles. The Hall–Kier alpha value is -1.61. The number of hydrogen-bond acceptors (Lipinski definition) is 3. The second kappa shape index (κ2) is 5.19.